The van der Waals surface area contributed by atoms with Crippen molar-refractivity contribution in [1.29, 1.82) is 0 Å². The van der Waals surface area contributed by atoms with Crippen LogP contribution >= 0.6 is 0 Å². The summed E-state index contributed by atoms with van der Waals surface area (Å²) in [5.74, 6) is -1.43. The number of benzene rings is 1. The van der Waals surface area contributed by atoms with Crippen LogP contribution in [0.1, 0.15) is 26.3 Å². The van der Waals surface area contributed by atoms with Gasteiger partial charge in [0, 0.05) is 0 Å². The van der Waals surface area contributed by atoms with Crippen molar-refractivity contribution in [2.75, 3.05) is 13.2 Å². The minimum Gasteiger partial charge on any atom is -0.466 e. The lowest BCUT2D eigenvalue weighted by molar-refractivity contribution is -0.158. The average molecular weight is 268 g/mol. The highest BCUT2D eigenvalue weighted by Gasteiger charge is 2.33. The highest BCUT2D eigenvalue weighted by Crippen LogP contribution is 2.17. The first-order valence-corrected chi connectivity index (χ1v) is 6.34. The summed E-state index contributed by atoms with van der Waals surface area (Å²) in [6, 6.07) is 10.3. The Hall–Kier alpha value is -1.39. The van der Waals surface area contributed by atoms with Crippen molar-refractivity contribution in [2.45, 2.75) is 33.3 Å². The van der Waals surface area contributed by atoms with Crippen LogP contribution in [0.5, 0.6) is 0 Å². The molecule has 0 aliphatic carbocycles. The summed E-state index contributed by atoms with van der Waals surface area (Å²) in [5, 5.41) is 18.2. The second-order valence-electron chi connectivity index (χ2n) is 4.80. The number of carbonyl (C=O) groups excluding carboxylic acids is 1. The Kier molecular flexibility index (Phi) is 8.03. The van der Waals surface area contributed by atoms with E-state index in [0.29, 0.717) is 0 Å². The quantitative estimate of drug-likeness (QED) is 0.819. The maximum atomic E-state index is 11.1. The first-order chi connectivity index (χ1) is 8.82. The molecule has 4 heteroatoms. The Morgan fingerprint density at radius 1 is 1.32 bits per heavy atom. The van der Waals surface area contributed by atoms with E-state index < -0.39 is 24.1 Å². The molecule has 1 aromatic carbocycles. The second kappa shape index (κ2) is 8.67. The molecule has 1 rings (SSSR count). The van der Waals surface area contributed by atoms with Crippen molar-refractivity contribution in [3.05, 3.63) is 35.9 Å². The number of aryl methyl sites for hydroxylation is 1. The maximum absolute atomic E-state index is 11.1. The van der Waals surface area contributed by atoms with E-state index in [2.05, 4.69) is 23.8 Å². The van der Waals surface area contributed by atoms with E-state index in [1.54, 1.807) is 6.92 Å². The van der Waals surface area contributed by atoms with Crippen LogP contribution in [0.3, 0.4) is 0 Å². The Bertz CT molecular complexity index is 354. The summed E-state index contributed by atoms with van der Waals surface area (Å²) in [7, 11) is 0. The molecule has 0 aromatic heterocycles. The summed E-state index contributed by atoms with van der Waals surface area (Å²) in [4.78, 5) is 11.1. The zero-order valence-corrected chi connectivity index (χ0v) is 12.1. The van der Waals surface area contributed by atoms with Crippen LogP contribution in [0, 0.1) is 12.8 Å². The van der Waals surface area contributed by atoms with E-state index in [4.69, 9.17) is 5.11 Å². The molecule has 0 fully saturated rings. The number of carbonyl (C=O) groups is 1. The van der Waals surface area contributed by atoms with Crippen LogP contribution in [-0.4, -0.2) is 35.0 Å². The molecule has 2 N–H and O–H groups in total. The molecule has 0 spiro atoms. The summed E-state index contributed by atoms with van der Waals surface area (Å²) in [6.45, 7) is 6.54. The Labute approximate surface area is 115 Å². The van der Waals surface area contributed by atoms with E-state index in [1.807, 2.05) is 18.2 Å². The van der Waals surface area contributed by atoms with Gasteiger partial charge in [0.25, 0.3) is 0 Å². The number of hydrogen-bond acceptors (Lipinski definition) is 4. The number of aliphatic hydroxyl groups is 2. The number of aliphatic hydroxyl groups excluding tert-OH is 1. The molecule has 19 heavy (non-hydrogen) atoms. The molecule has 1 aromatic rings. The van der Waals surface area contributed by atoms with Gasteiger partial charge >= 0.3 is 5.97 Å². The fourth-order valence-electron chi connectivity index (χ4n) is 1.36. The van der Waals surface area contributed by atoms with Crippen molar-refractivity contribution in [3.63, 3.8) is 0 Å². The van der Waals surface area contributed by atoms with Crippen LogP contribution in [0.4, 0.5) is 0 Å². The van der Waals surface area contributed by atoms with Crippen LogP contribution in [0.15, 0.2) is 30.3 Å². The fraction of sp³-hybridized carbons (Fsp3) is 0.533. The fourth-order valence-corrected chi connectivity index (χ4v) is 1.36. The lowest BCUT2D eigenvalue weighted by Crippen LogP contribution is -2.40. The average Bonchev–Trinajstić information content (AvgIpc) is 2.30. The topological polar surface area (TPSA) is 66.8 Å². The largest absolute Gasteiger partial charge is 0.466 e. The lowest BCUT2D eigenvalue weighted by atomic mass is 9.92. The minimum absolute atomic E-state index is 0.255. The molecule has 1 unspecified atom stereocenters. The highest BCUT2D eigenvalue weighted by atomic mass is 16.5. The molecule has 0 aliphatic rings. The third kappa shape index (κ3) is 7.59. The van der Waals surface area contributed by atoms with E-state index in [-0.39, 0.29) is 6.61 Å². The molecule has 0 saturated heterocycles. The van der Waals surface area contributed by atoms with Gasteiger partial charge in [0.2, 0.25) is 0 Å². The summed E-state index contributed by atoms with van der Waals surface area (Å²) in [6.07, 6.45) is 0. The third-order valence-corrected chi connectivity index (χ3v) is 2.55. The molecule has 108 valence electrons. The van der Waals surface area contributed by atoms with Crippen molar-refractivity contribution < 1.29 is 19.7 Å². The van der Waals surface area contributed by atoms with E-state index in [1.165, 1.54) is 19.4 Å². The van der Waals surface area contributed by atoms with Crippen LogP contribution in [0.2, 0.25) is 0 Å². The zero-order valence-electron chi connectivity index (χ0n) is 12.1. The minimum atomic E-state index is -1.24. The lowest BCUT2D eigenvalue weighted by Gasteiger charge is -2.25. The predicted molar refractivity (Wildman–Crippen MR) is 74.7 cm³/mol. The van der Waals surface area contributed by atoms with Crippen molar-refractivity contribution in [2.24, 2.45) is 5.92 Å². The number of ether oxygens (including phenoxy) is 1. The summed E-state index contributed by atoms with van der Waals surface area (Å²) in [5.41, 5.74) is 0.0866. The number of esters is 1. The van der Waals surface area contributed by atoms with Gasteiger partial charge in [-0.3, -0.25) is 4.79 Å². The normalized spacial score (nSPS) is 12.1. The molecular formula is C15H24O4. The molecule has 0 saturated carbocycles. The van der Waals surface area contributed by atoms with Crippen molar-refractivity contribution >= 4 is 5.97 Å². The second-order valence-corrected chi connectivity index (χ2v) is 4.80. The standard InChI is InChI=1S/C8H16O4.C7H8/c1-4-12-7(10)6(5-9)8(2,3)11;1-7-5-3-2-4-6-7/h6,9,11H,4-5H2,1-3H3;2-6H,1H3. The van der Waals surface area contributed by atoms with Gasteiger partial charge in [-0.1, -0.05) is 35.9 Å². The number of hydrogen-bond donors (Lipinski definition) is 2. The van der Waals surface area contributed by atoms with Crippen molar-refractivity contribution in [3.8, 4) is 0 Å². The molecule has 0 heterocycles. The highest BCUT2D eigenvalue weighted by molar-refractivity contribution is 5.73. The van der Waals surface area contributed by atoms with Gasteiger partial charge in [-0.2, -0.15) is 0 Å². The van der Waals surface area contributed by atoms with Gasteiger partial charge < -0.3 is 14.9 Å². The SMILES string of the molecule is CCOC(=O)C(CO)C(C)(C)O.Cc1ccccc1. The van der Waals surface area contributed by atoms with Crippen molar-refractivity contribution in [1.82, 2.24) is 0 Å². The molecule has 4 nitrogen and oxygen atoms in total. The monoisotopic (exact) mass is 268 g/mol. The molecular weight excluding hydrogens is 244 g/mol. The van der Waals surface area contributed by atoms with Gasteiger partial charge in [-0.05, 0) is 27.7 Å². The third-order valence-electron chi connectivity index (χ3n) is 2.55. The van der Waals surface area contributed by atoms with Gasteiger partial charge in [-0.15, -0.1) is 0 Å². The zero-order chi connectivity index (χ0) is 14.9. The summed E-state index contributed by atoms with van der Waals surface area (Å²) >= 11 is 0. The Morgan fingerprint density at radius 3 is 2.11 bits per heavy atom. The molecule has 1 atom stereocenters. The van der Waals surface area contributed by atoms with Gasteiger partial charge in [0.05, 0.1) is 18.8 Å². The number of rotatable bonds is 4. The van der Waals surface area contributed by atoms with Crippen LogP contribution in [0.25, 0.3) is 0 Å². The molecule has 0 bridgehead atoms. The van der Waals surface area contributed by atoms with Gasteiger partial charge in [0.1, 0.15) is 5.92 Å². The summed E-state index contributed by atoms with van der Waals surface area (Å²) < 4.78 is 4.66. The maximum Gasteiger partial charge on any atom is 0.314 e. The van der Waals surface area contributed by atoms with Crippen LogP contribution < -0.4 is 0 Å². The van der Waals surface area contributed by atoms with E-state index in [0.717, 1.165) is 0 Å². The van der Waals surface area contributed by atoms with E-state index >= 15 is 0 Å². The van der Waals surface area contributed by atoms with E-state index in [9.17, 15) is 9.90 Å². The Balaban J connectivity index is 0.000000388. The van der Waals surface area contributed by atoms with Gasteiger partial charge in [0.15, 0.2) is 0 Å². The smallest absolute Gasteiger partial charge is 0.314 e. The van der Waals surface area contributed by atoms with Gasteiger partial charge in [-0.25, -0.2) is 0 Å². The van der Waals surface area contributed by atoms with Crippen LogP contribution in [-0.2, 0) is 9.53 Å². The predicted octanol–water partition coefficient (Wildman–Crippen LogP) is 1.92. The molecule has 0 radical (unpaired) electrons. The Morgan fingerprint density at radius 2 is 1.84 bits per heavy atom. The first kappa shape index (κ1) is 17.6. The molecule has 0 aliphatic heterocycles. The molecule has 0 amide bonds. The first-order valence-electron chi connectivity index (χ1n) is 6.34.